The Hall–Kier alpha value is -0.920. The monoisotopic (exact) mass is 369 g/mol. The van der Waals surface area contributed by atoms with Gasteiger partial charge in [0, 0.05) is 12.6 Å². The first-order valence-electron chi connectivity index (χ1n) is 8.65. The number of rotatable bonds is 3. The van der Waals surface area contributed by atoms with Gasteiger partial charge in [0.05, 0.1) is 15.5 Å². The Bertz CT molecular complexity index is 885. The molecular weight excluding hydrogens is 346 g/mol. The molecule has 1 spiro atoms. The van der Waals surface area contributed by atoms with Crippen LogP contribution in [0.3, 0.4) is 0 Å². The van der Waals surface area contributed by atoms with Gasteiger partial charge in [-0.15, -0.1) is 0 Å². The number of hydrogen-bond acceptors (Lipinski definition) is 4. The molecule has 3 aliphatic rings. The van der Waals surface area contributed by atoms with Crippen LogP contribution < -0.4 is 0 Å². The van der Waals surface area contributed by atoms with E-state index in [2.05, 4.69) is 0 Å². The third-order valence-corrected chi connectivity index (χ3v) is 9.76. The van der Waals surface area contributed by atoms with Crippen LogP contribution in [0.1, 0.15) is 44.6 Å². The van der Waals surface area contributed by atoms with E-state index in [9.17, 15) is 16.8 Å². The van der Waals surface area contributed by atoms with E-state index >= 15 is 0 Å². The van der Waals surface area contributed by atoms with Crippen LogP contribution in [0.2, 0.25) is 0 Å². The zero-order valence-corrected chi connectivity index (χ0v) is 15.5. The van der Waals surface area contributed by atoms with Crippen LogP contribution in [-0.2, 0) is 26.3 Å². The van der Waals surface area contributed by atoms with Crippen LogP contribution in [0, 0.1) is 5.41 Å². The Labute approximate surface area is 144 Å². The SMILES string of the molecule is CCC1CC2(CCC2)CN1S(=O)(=O)c1ccc2c(c1)S(=O)(=O)CC2. The highest BCUT2D eigenvalue weighted by atomic mass is 32.2. The number of nitrogens with zero attached hydrogens (tertiary/aromatic N) is 1. The predicted octanol–water partition coefficient (Wildman–Crippen LogP) is 2.36. The summed E-state index contributed by atoms with van der Waals surface area (Å²) in [6.45, 7) is 2.61. The van der Waals surface area contributed by atoms with Crippen LogP contribution in [0.15, 0.2) is 28.0 Å². The van der Waals surface area contributed by atoms with Gasteiger partial charge in [-0.25, -0.2) is 16.8 Å². The van der Waals surface area contributed by atoms with Crippen LogP contribution in [-0.4, -0.2) is 39.5 Å². The van der Waals surface area contributed by atoms with Crippen molar-refractivity contribution >= 4 is 19.9 Å². The number of hydrogen-bond donors (Lipinski definition) is 0. The van der Waals surface area contributed by atoms with Crippen molar-refractivity contribution in [3.8, 4) is 0 Å². The molecule has 0 amide bonds. The van der Waals surface area contributed by atoms with Gasteiger partial charge < -0.3 is 0 Å². The highest BCUT2D eigenvalue weighted by Gasteiger charge is 2.50. The quantitative estimate of drug-likeness (QED) is 0.820. The van der Waals surface area contributed by atoms with Crippen molar-refractivity contribution in [1.82, 2.24) is 4.31 Å². The van der Waals surface area contributed by atoms with E-state index < -0.39 is 19.9 Å². The summed E-state index contributed by atoms with van der Waals surface area (Å²) < 4.78 is 52.2. The molecule has 2 heterocycles. The highest BCUT2D eigenvalue weighted by molar-refractivity contribution is 7.92. The van der Waals surface area contributed by atoms with E-state index in [0.717, 1.165) is 31.2 Å². The topological polar surface area (TPSA) is 71.5 Å². The molecule has 0 bridgehead atoms. The van der Waals surface area contributed by atoms with E-state index in [1.54, 1.807) is 16.4 Å². The Balaban J connectivity index is 1.73. The standard InChI is InChI=1S/C17H23NO4S2/c1-2-14-11-17(7-3-8-17)12-18(14)24(21,22)15-5-4-13-6-9-23(19,20)16(13)10-15/h4-5,10,14H,2-3,6-9,11-12H2,1H3. The van der Waals surface area contributed by atoms with Gasteiger partial charge in [0.15, 0.2) is 9.84 Å². The molecule has 7 heteroatoms. The summed E-state index contributed by atoms with van der Waals surface area (Å²) >= 11 is 0. The van der Waals surface area contributed by atoms with Gasteiger partial charge in [-0.1, -0.05) is 19.4 Å². The van der Waals surface area contributed by atoms with Gasteiger partial charge in [-0.3, -0.25) is 0 Å². The molecule has 1 aromatic carbocycles. The summed E-state index contributed by atoms with van der Waals surface area (Å²) in [6, 6.07) is 4.65. The first kappa shape index (κ1) is 16.5. The van der Waals surface area contributed by atoms with Gasteiger partial charge >= 0.3 is 0 Å². The van der Waals surface area contributed by atoms with Crippen molar-refractivity contribution in [2.24, 2.45) is 5.41 Å². The maximum absolute atomic E-state index is 13.2. The van der Waals surface area contributed by atoms with Crippen molar-refractivity contribution in [1.29, 1.82) is 0 Å². The van der Waals surface area contributed by atoms with Gasteiger partial charge in [-0.05, 0) is 55.2 Å². The molecular formula is C17H23NO4S2. The molecule has 132 valence electrons. The van der Waals surface area contributed by atoms with Crippen molar-refractivity contribution in [3.63, 3.8) is 0 Å². The highest BCUT2D eigenvalue weighted by Crippen LogP contribution is 2.52. The molecule has 24 heavy (non-hydrogen) atoms. The van der Waals surface area contributed by atoms with E-state index in [1.165, 1.54) is 12.5 Å². The molecule has 0 aromatic heterocycles. The lowest BCUT2D eigenvalue weighted by atomic mass is 9.67. The fraction of sp³-hybridized carbons (Fsp3) is 0.647. The first-order valence-corrected chi connectivity index (χ1v) is 11.7. The number of sulfone groups is 1. The number of sulfonamides is 1. The molecule has 1 aliphatic carbocycles. The molecule has 0 radical (unpaired) electrons. The van der Waals surface area contributed by atoms with Gasteiger partial charge in [0.25, 0.3) is 0 Å². The minimum absolute atomic E-state index is 0.0279. The van der Waals surface area contributed by atoms with E-state index in [4.69, 9.17) is 0 Å². The molecule has 1 aromatic rings. The maximum Gasteiger partial charge on any atom is 0.243 e. The Morgan fingerprint density at radius 2 is 2.04 bits per heavy atom. The molecule has 1 saturated heterocycles. The smallest absolute Gasteiger partial charge is 0.224 e. The summed E-state index contributed by atoms with van der Waals surface area (Å²) in [6.07, 6.45) is 5.60. The molecule has 1 unspecified atom stereocenters. The number of fused-ring (bicyclic) bond motifs is 1. The average molecular weight is 370 g/mol. The largest absolute Gasteiger partial charge is 0.243 e. The van der Waals surface area contributed by atoms with Crippen LogP contribution in [0.5, 0.6) is 0 Å². The lowest BCUT2D eigenvalue weighted by Crippen LogP contribution is -2.38. The fourth-order valence-corrected chi connectivity index (χ4v) is 7.97. The molecule has 1 atom stereocenters. The normalized spacial score (nSPS) is 28.0. The van der Waals surface area contributed by atoms with E-state index in [1.807, 2.05) is 6.92 Å². The Morgan fingerprint density at radius 3 is 2.67 bits per heavy atom. The Kier molecular flexibility index (Phi) is 3.64. The van der Waals surface area contributed by atoms with Crippen LogP contribution >= 0.6 is 0 Å². The van der Waals surface area contributed by atoms with E-state index in [-0.39, 0.29) is 27.0 Å². The third-order valence-electron chi connectivity index (χ3n) is 6.07. The molecule has 1 saturated carbocycles. The summed E-state index contributed by atoms with van der Waals surface area (Å²) in [5, 5.41) is 0. The molecule has 2 aliphatic heterocycles. The zero-order chi connectivity index (χ0) is 17.2. The van der Waals surface area contributed by atoms with Gasteiger partial charge in [0.1, 0.15) is 0 Å². The van der Waals surface area contributed by atoms with Crippen molar-refractivity contribution in [2.45, 2.75) is 61.3 Å². The fourth-order valence-electron chi connectivity index (χ4n) is 4.48. The second-order valence-electron chi connectivity index (χ2n) is 7.51. The lowest BCUT2D eigenvalue weighted by molar-refractivity contribution is 0.152. The Morgan fingerprint density at radius 1 is 1.29 bits per heavy atom. The maximum atomic E-state index is 13.2. The second kappa shape index (κ2) is 5.29. The number of benzene rings is 1. The van der Waals surface area contributed by atoms with Crippen molar-refractivity contribution in [3.05, 3.63) is 23.8 Å². The zero-order valence-electron chi connectivity index (χ0n) is 13.9. The number of aryl methyl sites for hydroxylation is 1. The first-order chi connectivity index (χ1) is 11.3. The van der Waals surface area contributed by atoms with Gasteiger partial charge in [0.2, 0.25) is 10.0 Å². The lowest BCUT2D eigenvalue weighted by Gasteiger charge is -2.38. The second-order valence-corrected chi connectivity index (χ2v) is 11.5. The average Bonchev–Trinajstić information content (AvgIpc) is 3.06. The summed E-state index contributed by atoms with van der Waals surface area (Å²) in [4.78, 5) is 0.329. The summed E-state index contributed by atoms with van der Waals surface area (Å²) in [5.41, 5.74) is 0.897. The summed E-state index contributed by atoms with van der Waals surface area (Å²) in [7, 11) is -6.98. The van der Waals surface area contributed by atoms with Gasteiger partial charge in [-0.2, -0.15) is 4.31 Å². The minimum Gasteiger partial charge on any atom is -0.224 e. The van der Waals surface area contributed by atoms with E-state index in [0.29, 0.717) is 13.0 Å². The minimum atomic E-state index is -3.65. The van der Waals surface area contributed by atoms with Crippen molar-refractivity contribution < 1.29 is 16.8 Å². The summed E-state index contributed by atoms with van der Waals surface area (Å²) in [5.74, 6) is 0.0796. The third kappa shape index (κ3) is 2.35. The molecule has 4 rings (SSSR count). The van der Waals surface area contributed by atoms with Crippen LogP contribution in [0.4, 0.5) is 0 Å². The van der Waals surface area contributed by atoms with Crippen LogP contribution in [0.25, 0.3) is 0 Å². The predicted molar refractivity (Wildman–Crippen MR) is 91.1 cm³/mol. The van der Waals surface area contributed by atoms with Crippen molar-refractivity contribution in [2.75, 3.05) is 12.3 Å². The molecule has 5 nitrogen and oxygen atoms in total. The molecule has 0 N–H and O–H groups in total. The molecule has 2 fully saturated rings.